The molecule has 2 aromatic rings. The van der Waals surface area contributed by atoms with Crippen molar-refractivity contribution < 1.29 is 14.3 Å². The summed E-state index contributed by atoms with van der Waals surface area (Å²) in [7, 11) is 0. The molecule has 0 atom stereocenters. The third kappa shape index (κ3) is 3.89. The van der Waals surface area contributed by atoms with Crippen LogP contribution < -0.4 is 20.3 Å². The number of anilines is 3. The molecule has 4 rings (SSSR count). The van der Waals surface area contributed by atoms with Crippen LogP contribution in [-0.4, -0.2) is 31.5 Å². The molecule has 1 fully saturated rings. The molecule has 27 heavy (non-hydrogen) atoms. The van der Waals surface area contributed by atoms with Crippen molar-refractivity contribution in [1.29, 1.82) is 0 Å². The highest BCUT2D eigenvalue weighted by atomic mass is 16.5. The number of benzene rings is 2. The van der Waals surface area contributed by atoms with E-state index in [1.807, 2.05) is 12.1 Å². The summed E-state index contributed by atoms with van der Waals surface area (Å²) in [5.41, 5.74) is 3.01. The molecule has 2 aliphatic heterocycles. The molecular weight excluding hydrogens is 342 g/mol. The molecule has 2 amide bonds. The normalized spacial score (nSPS) is 16.9. The molecule has 0 spiro atoms. The Kier molecular flexibility index (Phi) is 4.71. The van der Waals surface area contributed by atoms with E-state index in [4.69, 9.17) is 4.74 Å². The number of nitrogens with one attached hydrogen (secondary N) is 2. The largest absolute Gasteiger partial charge is 0.482 e. The van der Waals surface area contributed by atoms with Crippen molar-refractivity contribution in [2.45, 2.75) is 19.8 Å². The average Bonchev–Trinajstić information content (AvgIpc) is 2.69. The monoisotopic (exact) mass is 365 g/mol. The van der Waals surface area contributed by atoms with Gasteiger partial charge in [0.05, 0.1) is 5.69 Å². The maximum absolute atomic E-state index is 12.5. The SMILES string of the molecule is CC1CCN(c2ccc(NC(=O)c3ccc4c(c3)OCC(=O)N4)cc2)CC1. The average molecular weight is 365 g/mol. The lowest BCUT2D eigenvalue weighted by Crippen LogP contribution is -2.32. The fraction of sp³-hybridized carbons (Fsp3) is 0.333. The van der Waals surface area contributed by atoms with Crippen LogP contribution in [0.15, 0.2) is 42.5 Å². The van der Waals surface area contributed by atoms with Gasteiger partial charge in [-0.3, -0.25) is 9.59 Å². The Labute approximate surface area is 158 Å². The molecule has 2 N–H and O–H groups in total. The number of rotatable bonds is 3. The van der Waals surface area contributed by atoms with Gasteiger partial charge in [0, 0.05) is 30.0 Å². The number of nitrogens with zero attached hydrogens (tertiary/aromatic N) is 1. The Morgan fingerprint density at radius 3 is 2.63 bits per heavy atom. The molecule has 2 heterocycles. The summed E-state index contributed by atoms with van der Waals surface area (Å²) in [4.78, 5) is 26.2. The van der Waals surface area contributed by atoms with Gasteiger partial charge in [-0.05, 0) is 61.2 Å². The van der Waals surface area contributed by atoms with Crippen molar-refractivity contribution in [2.24, 2.45) is 5.92 Å². The Morgan fingerprint density at radius 1 is 1.15 bits per heavy atom. The van der Waals surface area contributed by atoms with E-state index in [0.29, 0.717) is 17.0 Å². The minimum Gasteiger partial charge on any atom is -0.482 e. The molecule has 0 aliphatic carbocycles. The molecule has 0 aromatic heterocycles. The second-order valence-corrected chi connectivity index (χ2v) is 7.22. The zero-order valence-corrected chi connectivity index (χ0v) is 15.3. The highest BCUT2D eigenvalue weighted by molar-refractivity contribution is 6.05. The molecular formula is C21H23N3O3. The third-order valence-electron chi connectivity index (χ3n) is 5.15. The highest BCUT2D eigenvalue weighted by Crippen LogP contribution is 2.29. The molecule has 0 unspecified atom stereocenters. The Hall–Kier alpha value is -3.02. The number of fused-ring (bicyclic) bond motifs is 1. The summed E-state index contributed by atoms with van der Waals surface area (Å²) in [5.74, 6) is 0.909. The van der Waals surface area contributed by atoms with Gasteiger partial charge in [-0.2, -0.15) is 0 Å². The molecule has 6 heteroatoms. The standard InChI is InChI=1S/C21H23N3O3/c1-14-8-10-24(11-9-14)17-5-3-16(4-6-17)22-21(26)15-2-7-18-19(12-15)27-13-20(25)23-18/h2-7,12,14H,8-11,13H2,1H3,(H,22,26)(H,23,25). The van der Waals surface area contributed by atoms with Crippen LogP contribution in [0.1, 0.15) is 30.1 Å². The minimum absolute atomic E-state index is 0.0329. The summed E-state index contributed by atoms with van der Waals surface area (Å²) in [6.07, 6.45) is 2.44. The Balaban J connectivity index is 1.41. The summed E-state index contributed by atoms with van der Waals surface area (Å²) in [6, 6.07) is 13.0. The molecule has 6 nitrogen and oxygen atoms in total. The van der Waals surface area contributed by atoms with E-state index in [-0.39, 0.29) is 18.4 Å². The quantitative estimate of drug-likeness (QED) is 0.873. The van der Waals surface area contributed by atoms with Crippen LogP contribution in [0, 0.1) is 5.92 Å². The van der Waals surface area contributed by atoms with E-state index in [9.17, 15) is 9.59 Å². The van der Waals surface area contributed by atoms with Crippen molar-refractivity contribution in [1.82, 2.24) is 0 Å². The maximum atomic E-state index is 12.5. The van der Waals surface area contributed by atoms with Gasteiger partial charge >= 0.3 is 0 Å². The fourth-order valence-electron chi connectivity index (χ4n) is 3.44. The van der Waals surface area contributed by atoms with Gasteiger partial charge in [0.15, 0.2) is 6.61 Å². The van der Waals surface area contributed by atoms with Crippen LogP contribution >= 0.6 is 0 Å². The smallest absolute Gasteiger partial charge is 0.262 e. The second-order valence-electron chi connectivity index (χ2n) is 7.22. The van der Waals surface area contributed by atoms with Gasteiger partial charge in [-0.25, -0.2) is 0 Å². The fourth-order valence-corrected chi connectivity index (χ4v) is 3.44. The molecule has 0 radical (unpaired) electrons. The highest BCUT2D eigenvalue weighted by Gasteiger charge is 2.18. The van der Waals surface area contributed by atoms with Gasteiger partial charge in [-0.15, -0.1) is 0 Å². The number of ether oxygens (including phenoxy) is 1. The third-order valence-corrected chi connectivity index (χ3v) is 5.15. The number of piperidine rings is 1. The number of carbonyl (C=O) groups is 2. The molecule has 1 saturated heterocycles. The van der Waals surface area contributed by atoms with E-state index in [1.165, 1.54) is 18.5 Å². The molecule has 140 valence electrons. The van der Waals surface area contributed by atoms with E-state index in [0.717, 1.165) is 24.7 Å². The Bertz CT molecular complexity index is 855. The summed E-state index contributed by atoms with van der Waals surface area (Å²) in [6.45, 7) is 4.43. The lowest BCUT2D eigenvalue weighted by atomic mass is 9.99. The van der Waals surface area contributed by atoms with E-state index >= 15 is 0 Å². The lowest BCUT2D eigenvalue weighted by Gasteiger charge is -2.32. The van der Waals surface area contributed by atoms with E-state index in [2.05, 4.69) is 34.6 Å². The van der Waals surface area contributed by atoms with Crippen LogP contribution in [0.25, 0.3) is 0 Å². The Morgan fingerprint density at radius 2 is 1.89 bits per heavy atom. The zero-order valence-electron chi connectivity index (χ0n) is 15.3. The van der Waals surface area contributed by atoms with Gasteiger partial charge < -0.3 is 20.3 Å². The number of carbonyl (C=O) groups excluding carboxylic acids is 2. The van der Waals surface area contributed by atoms with Crippen LogP contribution in [0.5, 0.6) is 5.75 Å². The first-order valence-electron chi connectivity index (χ1n) is 9.31. The summed E-state index contributed by atoms with van der Waals surface area (Å²) >= 11 is 0. The number of hydrogen-bond acceptors (Lipinski definition) is 4. The van der Waals surface area contributed by atoms with Crippen LogP contribution in [0.3, 0.4) is 0 Å². The maximum Gasteiger partial charge on any atom is 0.262 e. The molecule has 2 aliphatic rings. The van der Waals surface area contributed by atoms with Gasteiger partial charge in [0.2, 0.25) is 0 Å². The van der Waals surface area contributed by atoms with Gasteiger partial charge in [0.25, 0.3) is 11.8 Å². The summed E-state index contributed by atoms with van der Waals surface area (Å²) < 4.78 is 5.37. The first-order valence-corrected chi connectivity index (χ1v) is 9.31. The van der Waals surface area contributed by atoms with Crippen molar-refractivity contribution >= 4 is 28.9 Å². The summed E-state index contributed by atoms with van der Waals surface area (Å²) in [5, 5.41) is 5.63. The second kappa shape index (κ2) is 7.31. The zero-order chi connectivity index (χ0) is 18.8. The lowest BCUT2D eigenvalue weighted by molar-refractivity contribution is -0.118. The topological polar surface area (TPSA) is 70.7 Å². The van der Waals surface area contributed by atoms with Crippen LogP contribution in [0.4, 0.5) is 17.1 Å². The van der Waals surface area contributed by atoms with Crippen LogP contribution in [0.2, 0.25) is 0 Å². The van der Waals surface area contributed by atoms with Gasteiger partial charge in [0.1, 0.15) is 5.75 Å². The first kappa shape index (κ1) is 17.4. The van der Waals surface area contributed by atoms with Crippen molar-refractivity contribution in [2.75, 3.05) is 35.2 Å². The van der Waals surface area contributed by atoms with Crippen molar-refractivity contribution in [3.05, 3.63) is 48.0 Å². The van der Waals surface area contributed by atoms with Crippen molar-refractivity contribution in [3.63, 3.8) is 0 Å². The first-order chi connectivity index (χ1) is 13.1. The molecule has 0 saturated carbocycles. The predicted molar refractivity (Wildman–Crippen MR) is 106 cm³/mol. The number of hydrogen-bond donors (Lipinski definition) is 2. The van der Waals surface area contributed by atoms with Crippen LogP contribution in [-0.2, 0) is 4.79 Å². The van der Waals surface area contributed by atoms with E-state index < -0.39 is 0 Å². The van der Waals surface area contributed by atoms with Crippen molar-refractivity contribution in [3.8, 4) is 5.75 Å². The molecule has 2 aromatic carbocycles. The van der Waals surface area contributed by atoms with Gasteiger partial charge in [-0.1, -0.05) is 6.92 Å². The minimum atomic E-state index is -0.210. The van der Waals surface area contributed by atoms with E-state index in [1.54, 1.807) is 18.2 Å². The predicted octanol–water partition coefficient (Wildman–Crippen LogP) is 3.51. The molecule has 0 bridgehead atoms. The number of amides is 2.